The Morgan fingerprint density at radius 2 is 2.08 bits per heavy atom. The minimum atomic E-state index is 0.187. The highest BCUT2D eigenvalue weighted by molar-refractivity contribution is 5.53. The fourth-order valence-electron chi connectivity index (χ4n) is 0.900. The van der Waals surface area contributed by atoms with Crippen molar-refractivity contribution in [2.45, 2.75) is 0 Å². The highest BCUT2D eigenvalue weighted by atomic mass is 16.5. The van der Waals surface area contributed by atoms with E-state index >= 15 is 0 Å². The van der Waals surface area contributed by atoms with Gasteiger partial charge in [0.05, 0.1) is 0 Å². The summed E-state index contributed by atoms with van der Waals surface area (Å²) in [7, 11) is 0. The number of hydrogen-bond acceptors (Lipinski definition) is 6. The second-order valence-electron chi connectivity index (χ2n) is 2.30. The third-order valence-corrected chi connectivity index (χ3v) is 1.49. The Hall–Kier alpha value is -1.95. The summed E-state index contributed by atoms with van der Waals surface area (Å²) in [6.45, 7) is 0. The second-order valence-corrected chi connectivity index (χ2v) is 2.30. The Kier molecular flexibility index (Phi) is 1.89. The van der Waals surface area contributed by atoms with E-state index in [2.05, 4.69) is 20.6 Å². The fourth-order valence-corrected chi connectivity index (χ4v) is 0.900. The van der Waals surface area contributed by atoms with Gasteiger partial charge in [-0.25, -0.2) is 5.84 Å². The number of aromatic nitrogens is 3. The van der Waals surface area contributed by atoms with E-state index in [0.717, 1.165) is 5.56 Å². The van der Waals surface area contributed by atoms with Gasteiger partial charge in [-0.3, -0.25) is 10.4 Å². The maximum Gasteiger partial charge on any atom is 0.335 e. The summed E-state index contributed by atoms with van der Waals surface area (Å²) in [4.78, 5) is 7.83. The molecule has 6 heteroatoms. The average Bonchev–Trinajstić information content (AvgIpc) is 2.67. The molecular formula is C7H7N5O. The van der Waals surface area contributed by atoms with Crippen LogP contribution >= 0.6 is 0 Å². The van der Waals surface area contributed by atoms with Gasteiger partial charge in [0.2, 0.25) is 5.82 Å². The highest BCUT2D eigenvalue weighted by Crippen LogP contribution is 2.15. The van der Waals surface area contributed by atoms with Crippen molar-refractivity contribution >= 4 is 6.01 Å². The largest absolute Gasteiger partial charge is 0.335 e. The molecule has 2 rings (SSSR count). The van der Waals surface area contributed by atoms with Gasteiger partial charge in [0.25, 0.3) is 0 Å². The summed E-state index contributed by atoms with van der Waals surface area (Å²) in [6, 6.07) is 3.75. The smallest absolute Gasteiger partial charge is 0.314 e. The Morgan fingerprint density at radius 3 is 2.69 bits per heavy atom. The summed E-state index contributed by atoms with van der Waals surface area (Å²) < 4.78 is 4.75. The van der Waals surface area contributed by atoms with Crippen LogP contribution in [0.1, 0.15) is 0 Å². The molecule has 0 amide bonds. The first-order chi connectivity index (χ1) is 6.40. The molecule has 2 heterocycles. The molecule has 0 aliphatic rings. The van der Waals surface area contributed by atoms with Crippen LogP contribution in [0.3, 0.4) is 0 Å². The molecule has 0 saturated carbocycles. The van der Waals surface area contributed by atoms with E-state index in [4.69, 9.17) is 10.4 Å². The second kappa shape index (κ2) is 3.20. The summed E-state index contributed by atoms with van der Waals surface area (Å²) in [5.74, 6) is 5.56. The molecule has 0 spiro atoms. The van der Waals surface area contributed by atoms with E-state index in [1.165, 1.54) is 0 Å². The summed E-state index contributed by atoms with van der Waals surface area (Å²) in [5.41, 5.74) is 3.09. The van der Waals surface area contributed by atoms with Crippen LogP contribution in [-0.2, 0) is 0 Å². The molecule has 0 unspecified atom stereocenters. The lowest BCUT2D eigenvalue weighted by Gasteiger charge is -1.89. The van der Waals surface area contributed by atoms with Crippen molar-refractivity contribution in [1.29, 1.82) is 0 Å². The number of hydrazine groups is 1. The zero-order valence-corrected chi connectivity index (χ0v) is 6.64. The van der Waals surface area contributed by atoms with E-state index in [9.17, 15) is 0 Å². The van der Waals surface area contributed by atoms with Gasteiger partial charge < -0.3 is 4.52 Å². The molecule has 2 aromatic rings. The van der Waals surface area contributed by atoms with Gasteiger partial charge in [-0.15, -0.1) is 0 Å². The molecule has 6 nitrogen and oxygen atoms in total. The normalized spacial score (nSPS) is 9.92. The Morgan fingerprint density at radius 1 is 1.31 bits per heavy atom. The van der Waals surface area contributed by atoms with E-state index < -0.39 is 0 Å². The molecule has 0 saturated heterocycles. The van der Waals surface area contributed by atoms with Crippen molar-refractivity contribution in [2.24, 2.45) is 5.84 Å². The van der Waals surface area contributed by atoms with Crippen molar-refractivity contribution in [3.05, 3.63) is 24.5 Å². The van der Waals surface area contributed by atoms with Crippen molar-refractivity contribution in [3.63, 3.8) is 0 Å². The van der Waals surface area contributed by atoms with Gasteiger partial charge in [0, 0.05) is 18.0 Å². The van der Waals surface area contributed by atoms with Gasteiger partial charge in [-0.1, -0.05) is 5.16 Å². The average molecular weight is 177 g/mol. The SMILES string of the molecule is NNc1nc(-c2ccncc2)no1. The summed E-state index contributed by atoms with van der Waals surface area (Å²) in [6.07, 6.45) is 3.31. The number of nitrogens with one attached hydrogen (secondary N) is 1. The van der Waals surface area contributed by atoms with Crippen LogP contribution in [0, 0.1) is 0 Å². The first kappa shape index (κ1) is 7.69. The summed E-state index contributed by atoms with van der Waals surface area (Å²) in [5, 5.41) is 3.70. The first-order valence-corrected chi connectivity index (χ1v) is 3.61. The number of anilines is 1. The van der Waals surface area contributed by atoms with Crippen molar-refractivity contribution in [2.75, 3.05) is 5.43 Å². The van der Waals surface area contributed by atoms with E-state index in [1.807, 2.05) is 0 Å². The van der Waals surface area contributed by atoms with E-state index in [1.54, 1.807) is 24.5 Å². The Labute approximate surface area is 73.8 Å². The predicted octanol–water partition coefficient (Wildman–Crippen LogP) is 0.417. The Bertz CT molecular complexity index is 385. The molecule has 13 heavy (non-hydrogen) atoms. The number of nitrogens with zero attached hydrogens (tertiary/aromatic N) is 3. The van der Waals surface area contributed by atoms with E-state index in [-0.39, 0.29) is 6.01 Å². The molecule has 66 valence electrons. The van der Waals surface area contributed by atoms with Crippen LogP contribution in [0.2, 0.25) is 0 Å². The van der Waals surface area contributed by atoms with Gasteiger partial charge >= 0.3 is 6.01 Å². The predicted molar refractivity (Wildman–Crippen MR) is 45.3 cm³/mol. The lowest BCUT2D eigenvalue weighted by atomic mass is 10.3. The number of nitrogens with two attached hydrogens (primary N) is 1. The maximum atomic E-state index is 5.08. The monoisotopic (exact) mass is 177 g/mol. The zero-order chi connectivity index (χ0) is 9.10. The van der Waals surface area contributed by atoms with Crippen LogP contribution in [0.4, 0.5) is 6.01 Å². The number of rotatable bonds is 2. The lowest BCUT2D eigenvalue weighted by molar-refractivity contribution is 0.432. The molecule has 0 fully saturated rings. The number of pyridine rings is 1. The third-order valence-electron chi connectivity index (χ3n) is 1.49. The van der Waals surface area contributed by atoms with Crippen molar-refractivity contribution in [1.82, 2.24) is 15.1 Å². The molecule has 0 atom stereocenters. The molecule has 0 aliphatic carbocycles. The van der Waals surface area contributed by atoms with E-state index in [0.29, 0.717) is 5.82 Å². The minimum Gasteiger partial charge on any atom is -0.314 e. The van der Waals surface area contributed by atoms with Crippen LogP contribution in [0.25, 0.3) is 11.4 Å². The molecule has 3 N–H and O–H groups in total. The van der Waals surface area contributed by atoms with Gasteiger partial charge in [0.15, 0.2) is 0 Å². The van der Waals surface area contributed by atoms with Crippen LogP contribution in [0.5, 0.6) is 0 Å². The standard InChI is InChI=1S/C7H7N5O/c8-11-7-10-6(12-13-7)5-1-3-9-4-2-5/h1-4H,8H2,(H,10,11,12). The highest BCUT2D eigenvalue weighted by Gasteiger charge is 2.05. The molecular weight excluding hydrogens is 170 g/mol. The van der Waals surface area contributed by atoms with Crippen LogP contribution in [0.15, 0.2) is 29.0 Å². The Balaban J connectivity index is 2.36. The van der Waals surface area contributed by atoms with Gasteiger partial charge in [-0.2, -0.15) is 4.98 Å². The van der Waals surface area contributed by atoms with Crippen LogP contribution in [-0.4, -0.2) is 15.1 Å². The quantitative estimate of drug-likeness (QED) is 0.510. The van der Waals surface area contributed by atoms with Gasteiger partial charge in [-0.05, 0) is 12.1 Å². The molecule has 0 bridgehead atoms. The first-order valence-electron chi connectivity index (χ1n) is 3.61. The minimum absolute atomic E-state index is 0.187. The van der Waals surface area contributed by atoms with Gasteiger partial charge in [0.1, 0.15) is 0 Å². The third kappa shape index (κ3) is 1.47. The number of hydrogen-bond donors (Lipinski definition) is 2. The van der Waals surface area contributed by atoms with Crippen LogP contribution < -0.4 is 11.3 Å². The molecule has 0 aromatic carbocycles. The topological polar surface area (TPSA) is 89.9 Å². The fraction of sp³-hybridized carbons (Fsp3) is 0. The zero-order valence-electron chi connectivity index (χ0n) is 6.64. The molecule has 2 aromatic heterocycles. The molecule has 0 radical (unpaired) electrons. The van der Waals surface area contributed by atoms with Crippen molar-refractivity contribution in [3.8, 4) is 11.4 Å². The number of nitrogen functional groups attached to an aromatic ring is 1. The molecule has 0 aliphatic heterocycles. The lowest BCUT2D eigenvalue weighted by Crippen LogP contribution is -2.06. The summed E-state index contributed by atoms with van der Waals surface area (Å²) >= 11 is 0. The maximum absolute atomic E-state index is 5.08. The van der Waals surface area contributed by atoms with Crippen molar-refractivity contribution < 1.29 is 4.52 Å².